The Bertz CT molecular complexity index is 586. The van der Waals surface area contributed by atoms with Gasteiger partial charge in [-0.15, -0.1) is 12.4 Å². The molecular formula is C14H16Cl3N3O3. The fraction of sp³-hybridized carbons (Fsp3) is 0.357. The van der Waals surface area contributed by atoms with Crippen molar-refractivity contribution in [2.24, 2.45) is 5.92 Å². The summed E-state index contributed by atoms with van der Waals surface area (Å²) in [5, 5.41) is 12.6. The van der Waals surface area contributed by atoms with Gasteiger partial charge in [0.25, 0.3) is 0 Å². The van der Waals surface area contributed by atoms with E-state index in [2.05, 4.69) is 10.6 Å². The Balaban J connectivity index is 0.00000264. The van der Waals surface area contributed by atoms with E-state index < -0.39 is 18.0 Å². The Morgan fingerprint density at radius 3 is 2.39 bits per heavy atom. The highest BCUT2D eigenvalue weighted by atomic mass is 35.5. The fourth-order valence-electron chi connectivity index (χ4n) is 1.69. The number of carbonyl (C=O) groups excluding carboxylic acids is 2. The van der Waals surface area contributed by atoms with E-state index in [-0.39, 0.29) is 18.8 Å². The summed E-state index contributed by atoms with van der Waals surface area (Å²) in [5.41, 5.74) is 0.465. The van der Waals surface area contributed by atoms with Crippen LogP contribution in [-0.4, -0.2) is 24.6 Å². The Morgan fingerprint density at radius 2 is 1.83 bits per heavy atom. The zero-order valence-electron chi connectivity index (χ0n) is 12.0. The van der Waals surface area contributed by atoms with Crippen molar-refractivity contribution in [1.29, 1.82) is 5.41 Å². The van der Waals surface area contributed by atoms with E-state index >= 15 is 0 Å². The minimum absolute atomic E-state index is 0. The molecule has 0 spiro atoms. The standard InChI is InChI=1S/C14H15Cl2N3O3.ClH/c15-10-2-1-3-11(16)9(10)6-12(20)18-13(17)19-14(21)22-7-8-4-5-8;/h1-3,8H,4-7H2,(H3,17,18,19,20,21);1H. The highest BCUT2D eigenvalue weighted by Gasteiger charge is 2.23. The molecule has 0 atom stereocenters. The number of alkyl carbamates (subject to hydrolysis) is 1. The van der Waals surface area contributed by atoms with Crippen LogP contribution in [0, 0.1) is 11.3 Å². The van der Waals surface area contributed by atoms with Gasteiger partial charge in [0.15, 0.2) is 0 Å². The molecule has 0 aliphatic heterocycles. The number of benzene rings is 1. The summed E-state index contributed by atoms with van der Waals surface area (Å²) in [7, 11) is 0. The fourth-order valence-corrected chi connectivity index (χ4v) is 2.22. The minimum Gasteiger partial charge on any atom is -0.449 e. The van der Waals surface area contributed by atoms with Crippen LogP contribution in [0.15, 0.2) is 18.2 Å². The van der Waals surface area contributed by atoms with Crippen LogP contribution in [0.5, 0.6) is 0 Å². The maximum Gasteiger partial charge on any atom is 0.413 e. The van der Waals surface area contributed by atoms with Crippen molar-refractivity contribution in [3.63, 3.8) is 0 Å². The van der Waals surface area contributed by atoms with Crippen molar-refractivity contribution >= 4 is 53.6 Å². The summed E-state index contributed by atoms with van der Waals surface area (Å²) in [6.45, 7) is 0.336. The topological polar surface area (TPSA) is 91.3 Å². The third kappa shape index (κ3) is 6.64. The van der Waals surface area contributed by atoms with Crippen molar-refractivity contribution in [1.82, 2.24) is 10.6 Å². The number of carbonyl (C=O) groups is 2. The van der Waals surface area contributed by atoms with Crippen molar-refractivity contribution < 1.29 is 14.3 Å². The Hall–Kier alpha value is -1.50. The molecule has 2 rings (SSSR count). The third-order valence-electron chi connectivity index (χ3n) is 3.04. The third-order valence-corrected chi connectivity index (χ3v) is 3.75. The Labute approximate surface area is 149 Å². The van der Waals surface area contributed by atoms with Gasteiger partial charge in [0.05, 0.1) is 13.0 Å². The van der Waals surface area contributed by atoms with Gasteiger partial charge in [0, 0.05) is 10.0 Å². The lowest BCUT2D eigenvalue weighted by Gasteiger charge is -2.10. The normalized spacial score (nSPS) is 12.8. The smallest absolute Gasteiger partial charge is 0.413 e. The van der Waals surface area contributed by atoms with Crippen LogP contribution in [0.25, 0.3) is 0 Å². The molecule has 0 unspecified atom stereocenters. The molecule has 1 aliphatic carbocycles. The van der Waals surface area contributed by atoms with E-state index in [0.29, 0.717) is 28.1 Å². The second-order valence-electron chi connectivity index (χ2n) is 4.97. The highest BCUT2D eigenvalue weighted by molar-refractivity contribution is 6.36. The Morgan fingerprint density at radius 1 is 1.22 bits per heavy atom. The van der Waals surface area contributed by atoms with Gasteiger partial charge >= 0.3 is 6.09 Å². The average Bonchev–Trinajstić information content (AvgIpc) is 3.25. The molecule has 1 aliphatic rings. The molecule has 9 heteroatoms. The molecule has 1 fully saturated rings. The molecule has 1 aromatic rings. The van der Waals surface area contributed by atoms with Gasteiger partial charge in [-0.25, -0.2) is 4.79 Å². The first-order chi connectivity index (χ1) is 10.5. The molecule has 0 heterocycles. The van der Waals surface area contributed by atoms with Gasteiger partial charge in [-0.05, 0) is 36.5 Å². The van der Waals surface area contributed by atoms with E-state index in [0.717, 1.165) is 12.8 Å². The van der Waals surface area contributed by atoms with Gasteiger partial charge in [0.1, 0.15) is 0 Å². The lowest BCUT2D eigenvalue weighted by Crippen LogP contribution is -2.44. The number of nitrogens with one attached hydrogen (secondary N) is 3. The summed E-state index contributed by atoms with van der Waals surface area (Å²) >= 11 is 11.9. The molecular weight excluding hydrogens is 365 g/mol. The summed E-state index contributed by atoms with van der Waals surface area (Å²) in [6.07, 6.45) is 1.26. The summed E-state index contributed by atoms with van der Waals surface area (Å²) < 4.78 is 4.89. The monoisotopic (exact) mass is 379 g/mol. The van der Waals surface area contributed by atoms with Gasteiger partial charge < -0.3 is 4.74 Å². The number of hydrogen-bond acceptors (Lipinski definition) is 4. The second kappa shape index (κ2) is 8.96. The van der Waals surface area contributed by atoms with Crippen LogP contribution >= 0.6 is 35.6 Å². The van der Waals surface area contributed by atoms with Crippen molar-refractivity contribution in [2.45, 2.75) is 19.3 Å². The molecule has 126 valence electrons. The number of amides is 2. The zero-order chi connectivity index (χ0) is 16.1. The molecule has 1 saturated carbocycles. The van der Waals surface area contributed by atoms with Gasteiger partial charge in [-0.2, -0.15) is 0 Å². The average molecular weight is 381 g/mol. The van der Waals surface area contributed by atoms with Crippen LogP contribution in [0.3, 0.4) is 0 Å². The number of rotatable bonds is 4. The molecule has 2 amide bonds. The summed E-state index contributed by atoms with van der Waals surface area (Å²) in [6, 6.07) is 4.91. The first-order valence-corrected chi connectivity index (χ1v) is 7.46. The Kier molecular flexibility index (Phi) is 7.61. The predicted molar refractivity (Wildman–Crippen MR) is 90.5 cm³/mol. The molecule has 0 saturated heterocycles. The second-order valence-corrected chi connectivity index (χ2v) is 5.78. The zero-order valence-corrected chi connectivity index (χ0v) is 14.4. The molecule has 3 N–H and O–H groups in total. The summed E-state index contributed by atoms with van der Waals surface area (Å²) in [4.78, 5) is 23.2. The number of halogens is 3. The quantitative estimate of drug-likeness (QED) is 0.553. The van der Waals surface area contributed by atoms with Gasteiger partial charge in [-0.3, -0.25) is 20.8 Å². The van der Waals surface area contributed by atoms with Crippen LogP contribution < -0.4 is 10.6 Å². The van der Waals surface area contributed by atoms with Crippen LogP contribution in [-0.2, 0) is 16.0 Å². The van der Waals surface area contributed by atoms with Crippen molar-refractivity contribution in [3.8, 4) is 0 Å². The van der Waals surface area contributed by atoms with E-state index in [1.807, 2.05) is 0 Å². The molecule has 1 aromatic carbocycles. The van der Waals surface area contributed by atoms with E-state index in [1.165, 1.54) is 0 Å². The number of hydrogen-bond donors (Lipinski definition) is 3. The van der Waals surface area contributed by atoms with Gasteiger partial charge in [-0.1, -0.05) is 29.3 Å². The van der Waals surface area contributed by atoms with Gasteiger partial charge in [0.2, 0.25) is 11.9 Å². The minimum atomic E-state index is -0.757. The number of ether oxygens (including phenoxy) is 1. The summed E-state index contributed by atoms with van der Waals surface area (Å²) in [5.74, 6) is -0.534. The lowest BCUT2D eigenvalue weighted by molar-refractivity contribution is -0.119. The SMILES string of the molecule is Cl.N=C(NC(=O)Cc1c(Cl)cccc1Cl)NC(=O)OCC1CC1. The highest BCUT2D eigenvalue weighted by Crippen LogP contribution is 2.28. The van der Waals surface area contributed by atoms with E-state index in [4.69, 9.17) is 33.3 Å². The molecule has 0 radical (unpaired) electrons. The van der Waals surface area contributed by atoms with E-state index in [1.54, 1.807) is 18.2 Å². The predicted octanol–water partition coefficient (Wildman–Crippen LogP) is 3.14. The van der Waals surface area contributed by atoms with E-state index in [9.17, 15) is 9.59 Å². The van der Waals surface area contributed by atoms with Crippen LogP contribution in [0.1, 0.15) is 18.4 Å². The first-order valence-electron chi connectivity index (χ1n) is 6.70. The molecule has 23 heavy (non-hydrogen) atoms. The van der Waals surface area contributed by atoms with Crippen molar-refractivity contribution in [3.05, 3.63) is 33.8 Å². The molecule has 6 nitrogen and oxygen atoms in total. The van der Waals surface area contributed by atoms with Crippen LogP contribution in [0.2, 0.25) is 10.0 Å². The maximum atomic E-state index is 11.8. The molecule has 0 bridgehead atoms. The lowest BCUT2D eigenvalue weighted by atomic mass is 10.1. The largest absolute Gasteiger partial charge is 0.449 e. The van der Waals surface area contributed by atoms with Crippen molar-refractivity contribution in [2.75, 3.05) is 6.61 Å². The number of guanidine groups is 1. The first kappa shape index (κ1) is 19.5. The maximum absolute atomic E-state index is 11.8. The van der Waals surface area contributed by atoms with Crippen LogP contribution in [0.4, 0.5) is 4.79 Å². The molecule has 0 aromatic heterocycles.